The van der Waals surface area contributed by atoms with Crippen LogP contribution in [0.3, 0.4) is 0 Å². The number of nitrogens with one attached hydrogen (secondary N) is 1. The summed E-state index contributed by atoms with van der Waals surface area (Å²) in [5, 5.41) is 0. The highest BCUT2D eigenvalue weighted by atomic mass is 16.5. The van der Waals surface area contributed by atoms with Crippen LogP contribution in [0.1, 0.15) is 24.8 Å². The van der Waals surface area contributed by atoms with Crippen molar-refractivity contribution in [2.45, 2.75) is 31.7 Å². The Bertz CT molecular complexity index is 931. The van der Waals surface area contributed by atoms with Crippen molar-refractivity contribution in [1.82, 2.24) is 4.98 Å². The summed E-state index contributed by atoms with van der Waals surface area (Å²) in [6.07, 6.45) is 4.68. The third kappa shape index (κ3) is 3.73. The third-order valence-corrected chi connectivity index (χ3v) is 6.72. The molecule has 0 amide bonds. The van der Waals surface area contributed by atoms with Crippen molar-refractivity contribution >= 4 is 11.5 Å². The lowest BCUT2D eigenvalue weighted by Gasteiger charge is -2.31. The van der Waals surface area contributed by atoms with E-state index in [-0.39, 0.29) is 5.56 Å². The van der Waals surface area contributed by atoms with Gasteiger partial charge in [0, 0.05) is 43.5 Å². The van der Waals surface area contributed by atoms with Crippen molar-refractivity contribution in [1.29, 1.82) is 0 Å². The van der Waals surface area contributed by atoms with E-state index in [1.165, 1.54) is 24.8 Å². The Morgan fingerprint density at radius 3 is 2.76 bits per heavy atom. The second-order valence-corrected chi connectivity index (χ2v) is 8.69. The molecule has 3 aliphatic rings. The molecule has 29 heavy (non-hydrogen) atoms. The molecule has 5 rings (SSSR count). The Kier molecular flexibility index (Phi) is 4.74. The van der Waals surface area contributed by atoms with Gasteiger partial charge < -0.3 is 24.3 Å². The minimum atomic E-state index is -0.0308. The van der Waals surface area contributed by atoms with Crippen LogP contribution in [0, 0.1) is 5.41 Å². The first-order chi connectivity index (χ1) is 14.2. The summed E-state index contributed by atoms with van der Waals surface area (Å²) in [6.45, 7) is 4.11. The van der Waals surface area contributed by atoms with Gasteiger partial charge in [-0.25, -0.2) is 0 Å². The predicted octanol–water partition coefficient (Wildman–Crippen LogP) is 2.82. The summed E-state index contributed by atoms with van der Waals surface area (Å²) in [7, 11) is 1.73. The Morgan fingerprint density at radius 2 is 2.00 bits per heavy atom. The van der Waals surface area contributed by atoms with Crippen LogP contribution in [0.2, 0.25) is 0 Å². The molecule has 1 aliphatic carbocycles. The van der Waals surface area contributed by atoms with Gasteiger partial charge in [-0.2, -0.15) is 0 Å². The average molecular weight is 396 g/mol. The number of pyridine rings is 1. The number of morpholine rings is 1. The number of benzene rings is 1. The van der Waals surface area contributed by atoms with E-state index in [0.717, 1.165) is 43.3 Å². The van der Waals surface area contributed by atoms with E-state index < -0.39 is 0 Å². The number of aromatic amines is 1. The van der Waals surface area contributed by atoms with Gasteiger partial charge in [0.15, 0.2) is 0 Å². The summed E-state index contributed by atoms with van der Waals surface area (Å²) in [6, 6.07) is 12.5. The molecule has 2 aliphatic heterocycles. The number of anilines is 2. The molecule has 154 valence electrons. The lowest BCUT2D eigenvalue weighted by atomic mass is 9.97. The first-order valence-corrected chi connectivity index (χ1v) is 10.6. The minimum Gasteiger partial charge on any atom is -0.496 e. The molecule has 1 spiro atoms. The van der Waals surface area contributed by atoms with Crippen molar-refractivity contribution in [2.24, 2.45) is 5.41 Å². The van der Waals surface area contributed by atoms with Crippen molar-refractivity contribution < 1.29 is 9.47 Å². The first-order valence-electron chi connectivity index (χ1n) is 10.6. The Labute approximate surface area is 171 Å². The number of rotatable bonds is 5. The van der Waals surface area contributed by atoms with Crippen LogP contribution in [0.5, 0.6) is 5.75 Å². The van der Waals surface area contributed by atoms with Gasteiger partial charge in [0.05, 0.1) is 20.3 Å². The summed E-state index contributed by atoms with van der Waals surface area (Å²) in [5.74, 6) is 1.89. The second-order valence-electron chi connectivity index (χ2n) is 8.69. The van der Waals surface area contributed by atoms with Gasteiger partial charge in [-0.3, -0.25) is 4.79 Å². The largest absolute Gasteiger partial charge is 0.496 e. The van der Waals surface area contributed by atoms with Crippen LogP contribution in [-0.4, -0.2) is 51.0 Å². The highest BCUT2D eigenvalue weighted by Gasteiger charge is 2.52. The Balaban J connectivity index is 1.45. The van der Waals surface area contributed by atoms with E-state index in [1.54, 1.807) is 13.2 Å². The van der Waals surface area contributed by atoms with Gasteiger partial charge in [-0.05, 0) is 42.7 Å². The van der Waals surface area contributed by atoms with Gasteiger partial charge >= 0.3 is 0 Å². The van der Waals surface area contributed by atoms with Crippen molar-refractivity contribution in [3.63, 3.8) is 0 Å². The average Bonchev–Trinajstić information content (AvgIpc) is 3.41. The SMILES string of the molecule is COc1ccccc1C[C@@H]1CC2(CC2)CN1c1cc(N2CCOCC2)cc(=O)[nH]1. The van der Waals surface area contributed by atoms with Gasteiger partial charge in [-0.15, -0.1) is 0 Å². The molecule has 1 N–H and O–H groups in total. The van der Waals surface area contributed by atoms with Gasteiger partial charge in [0.1, 0.15) is 11.6 Å². The number of para-hydroxylation sites is 1. The number of ether oxygens (including phenoxy) is 2. The highest BCUT2D eigenvalue weighted by Crippen LogP contribution is 2.56. The zero-order valence-electron chi connectivity index (χ0n) is 17.0. The van der Waals surface area contributed by atoms with E-state index in [1.807, 2.05) is 12.1 Å². The van der Waals surface area contributed by atoms with E-state index >= 15 is 0 Å². The summed E-state index contributed by atoms with van der Waals surface area (Å²) in [4.78, 5) is 20.3. The van der Waals surface area contributed by atoms with Crippen LogP contribution in [0.4, 0.5) is 11.5 Å². The fourth-order valence-corrected chi connectivity index (χ4v) is 4.97. The van der Waals surface area contributed by atoms with Crippen LogP contribution in [0.25, 0.3) is 0 Å². The smallest absolute Gasteiger partial charge is 0.251 e. The van der Waals surface area contributed by atoms with E-state index in [2.05, 4.69) is 33.0 Å². The maximum absolute atomic E-state index is 12.5. The fraction of sp³-hybridized carbons (Fsp3) is 0.522. The van der Waals surface area contributed by atoms with Gasteiger partial charge in [-0.1, -0.05) is 18.2 Å². The first kappa shape index (κ1) is 18.6. The third-order valence-electron chi connectivity index (χ3n) is 6.72. The van der Waals surface area contributed by atoms with Crippen molar-refractivity contribution in [3.8, 4) is 5.75 Å². The zero-order chi connectivity index (χ0) is 19.8. The molecule has 0 radical (unpaired) electrons. The van der Waals surface area contributed by atoms with Crippen LogP contribution < -0.4 is 20.1 Å². The minimum absolute atomic E-state index is 0.0308. The summed E-state index contributed by atoms with van der Waals surface area (Å²) in [5.41, 5.74) is 2.63. The number of aromatic nitrogens is 1. The molecule has 1 atom stereocenters. The lowest BCUT2D eigenvalue weighted by Crippen LogP contribution is -2.38. The van der Waals surface area contributed by atoms with E-state index in [9.17, 15) is 4.79 Å². The zero-order valence-corrected chi connectivity index (χ0v) is 17.0. The monoisotopic (exact) mass is 395 g/mol. The van der Waals surface area contributed by atoms with Crippen molar-refractivity contribution in [2.75, 3.05) is 49.8 Å². The molecule has 1 saturated carbocycles. The van der Waals surface area contributed by atoms with E-state index in [0.29, 0.717) is 24.7 Å². The molecule has 0 unspecified atom stereocenters. The fourth-order valence-electron chi connectivity index (χ4n) is 4.97. The van der Waals surface area contributed by atoms with Crippen LogP contribution in [-0.2, 0) is 11.2 Å². The molecule has 2 saturated heterocycles. The molecule has 1 aromatic carbocycles. The Morgan fingerprint density at radius 1 is 1.21 bits per heavy atom. The summed E-state index contributed by atoms with van der Waals surface area (Å²) < 4.78 is 11.1. The summed E-state index contributed by atoms with van der Waals surface area (Å²) >= 11 is 0. The predicted molar refractivity (Wildman–Crippen MR) is 114 cm³/mol. The molecule has 2 aromatic rings. The maximum atomic E-state index is 12.5. The molecule has 3 heterocycles. The molecule has 1 aromatic heterocycles. The molecular weight excluding hydrogens is 366 g/mol. The second kappa shape index (κ2) is 7.41. The molecule has 3 fully saturated rings. The molecule has 6 heteroatoms. The molecule has 0 bridgehead atoms. The molecule has 6 nitrogen and oxygen atoms in total. The number of nitrogens with zero attached hydrogens (tertiary/aromatic N) is 2. The number of hydrogen-bond acceptors (Lipinski definition) is 5. The van der Waals surface area contributed by atoms with Crippen LogP contribution >= 0.6 is 0 Å². The normalized spacial score (nSPS) is 22.9. The highest BCUT2D eigenvalue weighted by molar-refractivity contribution is 5.57. The van der Waals surface area contributed by atoms with E-state index in [4.69, 9.17) is 9.47 Å². The lowest BCUT2D eigenvalue weighted by molar-refractivity contribution is 0.122. The Hall–Kier alpha value is -2.47. The van der Waals surface area contributed by atoms with Gasteiger partial charge in [0.2, 0.25) is 0 Å². The number of methoxy groups -OCH3 is 1. The van der Waals surface area contributed by atoms with Crippen LogP contribution in [0.15, 0.2) is 41.2 Å². The molecular formula is C23H29N3O3. The topological polar surface area (TPSA) is 57.8 Å². The maximum Gasteiger partial charge on any atom is 0.251 e. The van der Waals surface area contributed by atoms with Gasteiger partial charge in [0.25, 0.3) is 5.56 Å². The number of hydrogen-bond donors (Lipinski definition) is 1. The van der Waals surface area contributed by atoms with Crippen molar-refractivity contribution in [3.05, 3.63) is 52.3 Å². The standard InChI is InChI=1S/C23H29N3O3/c1-28-20-5-3-2-4-17(20)12-19-15-23(6-7-23)16-26(19)21-13-18(14-22(27)24-21)25-8-10-29-11-9-25/h2-5,13-14,19H,6-12,15-16H2,1H3,(H,24,27)/t19-/m1/s1. The number of H-pyrrole nitrogens is 1. The quantitative estimate of drug-likeness (QED) is 0.844.